The molecule has 5 atom stereocenters. The van der Waals surface area contributed by atoms with Gasteiger partial charge in [-0.3, -0.25) is 14.4 Å². The third-order valence-electron chi connectivity index (χ3n) is 7.45. The van der Waals surface area contributed by atoms with Gasteiger partial charge >= 0.3 is 5.97 Å². The summed E-state index contributed by atoms with van der Waals surface area (Å²) in [5.41, 5.74) is 1.52. The van der Waals surface area contributed by atoms with E-state index in [9.17, 15) is 19.5 Å². The Balaban J connectivity index is 1.73. The molecule has 8 nitrogen and oxygen atoms in total. The molecule has 1 aromatic carbocycles. The van der Waals surface area contributed by atoms with Crippen molar-refractivity contribution < 1.29 is 29.0 Å². The molecule has 0 radical (unpaired) electrons. The SMILES string of the molecule is C=CCCOC(=O)[C@@H]1[C@H]2C(=O)N(CCO)C(C(=O)N(CC=C)c3cc(C)ccc3C)C23CC[C@H]1O3. The molecular formula is C27H34N2O6. The first-order chi connectivity index (χ1) is 16.8. The van der Waals surface area contributed by atoms with Crippen LogP contribution in [0.1, 0.15) is 30.4 Å². The van der Waals surface area contributed by atoms with Gasteiger partial charge in [-0.05, 0) is 50.3 Å². The number of carbonyl (C=O) groups excluding carboxylic acids is 3. The fourth-order valence-electron chi connectivity index (χ4n) is 5.98. The zero-order chi connectivity index (χ0) is 25.3. The molecule has 188 valence electrons. The average Bonchev–Trinajstić information content (AvgIpc) is 3.47. The summed E-state index contributed by atoms with van der Waals surface area (Å²) in [4.78, 5) is 44.0. The van der Waals surface area contributed by atoms with Gasteiger partial charge in [0.25, 0.3) is 5.91 Å². The normalized spacial score (nSPS) is 28.7. The van der Waals surface area contributed by atoms with Gasteiger partial charge in [0.05, 0.1) is 31.2 Å². The number of nitrogens with zero attached hydrogens (tertiary/aromatic N) is 2. The molecule has 1 spiro atoms. The minimum absolute atomic E-state index is 0.0194. The number of ether oxygens (including phenoxy) is 2. The van der Waals surface area contributed by atoms with E-state index in [2.05, 4.69) is 13.2 Å². The maximum atomic E-state index is 14.2. The van der Waals surface area contributed by atoms with Crippen molar-refractivity contribution in [3.63, 3.8) is 0 Å². The van der Waals surface area contributed by atoms with E-state index in [1.807, 2.05) is 32.0 Å². The van der Waals surface area contributed by atoms with Crippen LogP contribution in [0.5, 0.6) is 0 Å². The summed E-state index contributed by atoms with van der Waals surface area (Å²) in [5.74, 6) is -2.71. The standard InChI is InChI=1S/C27H34N2O6/c1-5-7-15-34-26(33)21-20-10-11-27(35-20)22(21)24(31)29(13-14-30)23(27)25(32)28(12-6-2)19-16-17(3)8-9-18(19)4/h5-6,8-9,16,20-23,30H,1-2,7,10-15H2,3-4H3/t20-,21+,22+,23?,27?/m1/s1. The topological polar surface area (TPSA) is 96.4 Å². The molecule has 1 N–H and O–H groups in total. The fourth-order valence-corrected chi connectivity index (χ4v) is 5.98. The summed E-state index contributed by atoms with van der Waals surface area (Å²) >= 11 is 0. The van der Waals surface area contributed by atoms with Crippen LogP contribution >= 0.6 is 0 Å². The summed E-state index contributed by atoms with van der Waals surface area (Å²) < 4.78 is 11.8. The Morgan fingerprint density at radius 1 is 1.31 bits per heavy atom. The van der Waals surface area contributed by atoms with E-state index in [0.29, 0.717) is 19.3 Å². The van der Waals surface area contributed by atoms with Crippen LogP contribution in [-0.4, -0.2) is 71.8 Å². The zero-order valence-corrected chi connectivity index (χ0v) is 20.4. The van der Waals surface area contributed by atoms with E-state index in [1.165, 1.54) is 4.90 Å². The summed E-state index contributed by atoms with van der Waals surface area (Å²) in [6, 6.07) is 4.91. The van der Waals surface area contributed by atoms with E-state index in [4.69, 9.17) is 9.47 Å². The van der Waals surface area contributed by atoms with Crippen molar-refractivity contribution in [3.8, 4) is 0 Å². The molecule has 3 fully saturated rings. The highest BCUT2D eigenvalue weighted by Gasteiger charge is 2.75. The van der Waals surface area contributed by atoms with Crippen LogP contribution in [0.2, 0.25) is 0 Å². The number of carbonyl (C=O) groups is 3. The number of benzene rings is 1. The molecule has 35 heavy (non-hydrogen) atoms. The molecule has 4 rings (SSSR count). The summed E-state index contributed by atoms with van der Waals surface area (Å²) in [6.07, 6.45) is 4.39. The maximum Gasteiger partial charge on any atom is 0.312 e. The van der Waals surface area contributed by atoms with E-state index < -0.39 is 35.6 Å². The van der Waals surface area contributed by atoms with E-state index in [1.54, 1.807) is 17.1 Å². The second-order valence-electron chi connectivity index (χ2n) is 9.58. The number of aliphatic hydroxyl groups is 1. The lowest BCUT2D eigenvalue weighted by Crippen LogP contribution is -2.57. The Morgan fingerprint density at radius 3 is 2.77 bits per heavy atom. The first-order valence-corrected chi connectivity index (χ1v) is 12.2. The van der Waals surface area contributed by atoms with Crippen molar-refractivity contribution >= 4 is 23.5 Å². The fraction of sp³-hybridized carbons (Fsp3) is 0.519. The molecule has 2 bridgehead atoms. The molecule has 2 amide bonds. The van der Waals surface area contributed by atoms with Crippen LogP contribution in [0.4, 0.5) is 5.69 Å². The number of aryl methyl sites for hydroxylation is 2. The Bertz CT molecular complexity index is 1040. The van der Waals surface area contributed by atoms with Gasteiger partial charge in [-0.1, -0.05) is 24.3 Å². The summed E-state index contributed by atoms with van der Waals surface area (Å²) in [5, 5.41) is 9.76. The molecule has 8 heteroatoms. The number of esters is 1. The van der Waals surface area contributed by atoms with Crippen molar-refractivity contribution in [1.29, 1.82) is 0 Å². The summed E-state index contributed by atoms with van der Waals surface area (Å²) in [7, 11) is 0. The second-order valence-corrected chi connectivity index (χ2v) is 9.58. The van der Waals surface area contributed by atoms with Crippen LogP contribution in [0, 0.1) is 25.7 Å². The molecule has 3 saturated heterocycles. The van der Waals surface area contributed by atoms with E-state index >= 15 is 0 Å². The van der Waals surface area contributed by atoms with Crippen molar-refractivity contribution in [1.82, 2.24) is 4.90 Å². The Hall–Kier alpha value is -2.97. The molecule has 3 aliphatic heterocycles. The van der Waals surface area contributed by atoms with Gasteiger partial charge in [-0.25, -0.2) is 0 Å². The third kappa shape index (κ3) is 4.08. The lowest BCUT2D eigenvalue weighted by Gasteiger charge is -2.37. The van der Waals surface area contributed by atoms with Gasteiger partial charge in [0.2, 0.25) is 5.91 Å². The third-order valence-corrected chi connectivity index (χ3v) is 7.45. The van der Waals surface area contributed by atoms with Crippen molar-refractivity contribution in [2.75, 3.05) is 31.2 Å². The van der Waals surface area contributed by atoms with Crippen LogP contribution < -0.4 is 4.90 Å². The molecule has 2 unspecified atom stereocenters. The van der Waals surface area contributed by atoms with Crippen LogP contribution in [0.15, 0.2) is 43.5 Å². The largest absolute Gasteiger partial charge is 0.465 e. The van der Waals surface area contributed by atoms with Gasteiger partial charge in [0.1, 0.15) is 11.6 Å². The Kier molecular flexibility index (Phi) is 7.15. The number of fused-ring (bicyclic) bond motifs is 1. The predicted octanol–water partition coefficient (Wildman–Crippen LogP) is 2.31. The van der Waals surface area contributed by atoms with Crippen molar-refractivity contribution in [2.24, 2.45) is 11.8 Å². The molecule has 0 aromatic heterocycles. The Labute approximate surface area is 206 Å². The number of likely N-dealkylation sites (tertiary alicyclic amines) is 1. The smallest absolute Gasteiger partial charge is 0.312 e. The van der Waals surface area contributed by atoms with Crippen molar-refractivity contribution in [2.45, 2.75) is 50.9 Å². The quantitative estimate of drug-likeness (QED) is 0.312. The number of aliphatic hydroxyl groups excluding tert-OH is 1. The Morgan fingerprint density at radius 2 is 2.09 bits per heavy atom. The minimum atomic E-state index is -1.13. The van der Waals surface area contributed by atoms with Crippen molar-refractivity contribution in [3.05, 3.63) is 54.6 Å². The molecule has 1 aromatic rings. The molecule has 0 aliphatic carbocycles. The number of amides is 2. The van der Waals surface area contributed by atoms with Gasteiger partial charge in [-0.15, -0.1) is 13.2 Å². The highest BCUT2D eigenvalue weighted by Crippen LogP contribution is 2.58. The number of hydrogen-bond donors (Lipinski definition) is 1. The lowest BCUT2D eigenvalue weighted by atomic mass is 9.70. The van der Waals surface area contributed by atoms with Crippen LogP contribution in [0.25, 0.3) is 0 Å². The zero-order valence-electron chi connectivity index (χ0n) is 20.4. The highest BCUT2D eigenvalue weighted by molar-refractivity contribution is 6.05. The molecular weight excluding hydrogens is 448 g/mol. The van der Waals surface area contributed by atoms with E-state index in [-0.39, 0.29) is 38.1 Å². The molecule has 3 heterocycles. The monoisotopic (exact) mass is 482 g/mol. The summed E-state index contributed by atoms with van der Waals surface area (Å²) in [6.45, 7) is 11.5. The minimum Gasteiger partial charge on any atom is -0.465 e. The van der Waals surface area contributed by atoms with Gasteiger partial charge in [-0.2, -0.15) is 0 Å². The maximum absolute atomic E-state index is 14.2. The molecule has 3 aliphatic rings. The number of β-amino-alcohol motifs (C(OH)–C–C–N with tert-alkyl or cyclic N) is 1. The van der Waals surface area contributed by atoms with Crippen LogP contribution in [-0.2, 0) is 23.9 Å². The number of rotatable bonds is 10. The number of hydrogen-bond acceptors (Lipinski definition) is 6. The number of anilines is 1. The second kappa shape index (κ2) is 9.95. The first-order valence-electron chi connectivity index (χ1n) is 12.2. The van der Waals surface area contributed by atoms with E-state index in [0.717, 1.165) is 16.8 Å². The first kappa shape index (κ1) is 25.1. The lowest BCUT2D eigenvalue weighted by molar-refractivity contribution is -0.155. The molecule has 0 saturated carbocycles. The van der Waals surface area contributed by atoms with Gasteiger partial charge in [0, 0.05) is 18.8 Å². The van der Waals surface area contributed by atoms with Crippen LogP contribution in [0.3, 0.4) is 0 Å². The highest BCUT2D eigenvalue weighted by atomic mass is 16.6. The predicted molar refractivity (Wildman–Crippen MR) is 131 cm³/mol. The van der Waals surface area contributed by atoms with Gasteiger partial charge in [0.15, 0.2) is 0 Å². The van der Waals surface area contributed by atoms with Gasteiger partial charge < -0.3 is 24.4 Å². The average molecular weight is 483 g/mol.